The van der Waals surface area contributed by atoms with E-state index < -0.39 is 5.97 Å². The molecule has 4 rings (SSSR count). The van der Waals surface area contributed by atoms with Crippen LogP contribution in [0.15, 0.2) is 66.1 Å². The normalized spacial score (nSPS) is 13.9. The van der Waals surface area contributed by atoms with E-state index in [9.17, 15) is 9.59 Å². The Balaban J connectivity index is 0.00000342. The summed E-state index contributed by atoms with van der Waals surface area (Å²) in [7, 11) is 0. The van der Waals surface area contributed by atoms with E-state index in [1.807, 2.05) is 29.6 Å². The molecular weight excluding hydrogens is 486 g/mol. The van der Waals surface area contributed by atoms with Gasteiger partial charge in [0.05, 0.1) is 25.4 Å². The summed E-state index contributed by atoms with van der Waals surface area (Å²) in [6.07, 6.45) is 4.18. The first kappa shape index (κ1) is 26.6. The van der Waals surface area contributed by atoms with E-state index in [4.69, 9.17) is 14.6 Å². The van der Waals surface area contributed by atoms with E-state index >= 15 is 0 Å². The lowest BCUT2D eigenvalue weighted by Gasteiger charge is -2.26. The lowest BCUT2D eigenvalue weighted by atomic mass is 10.0. The van der Waals surface area contributed by atoms with Crippen LogP contribution in [0.5, 0.6) is 5.75 Å². The Morgan fingerprint density at radius 2 is 1.80 bits per heavy atom. The molecule has 0 aliphatic carbocycles. The highest BCUT2D eigenvalue weighted by Crippen LogP contribution is 2.30. The molecule has 0 bridgehead atoms. The van der Waals surface area contributed by atoms with Gasteiger partial charge in [-0.05, 0) is 65.9 Å². The average Bonchev–Trinajstić information content (AvgIpc) is 3.41. The number of halogens is 1. The van der Waals surface area contributed by atoms with Crippen molar-refractivity contribution in [3.05, 3.63) is 82.7 Å². The lowest BCUT2D eigenvalue weighted by Crippen LogP contribution is -2.37. The number of ketones is 1. The van der Waals surface area contributed by atoms with Crippen molar-refractivity contribution in [2.24, 2.45) is 0 Å². The highest BCUT2D eigenvalue weighted by Gasteiger charge is 2.11. The minimum Gasteiger partial charge on any atom is -0.493 e. The number of thiophene rings is 1. The second kappa shape index (κ2) is 13.2. The van der Waals surface area contributed by atoms with E-state index in [2.05, 4.69) is 11.0 Å². The first-order valence-electron chi connectivity index (χ1n) is 11.3. The number of carbonyl (C=O) groups is 2. The number of hydrogen-bond acceptors (Lipinski definition) is 6. The third kappa shape index (κ3) is 7.50. The fourth-order valence-corrected chi connectivity index (χ4v) is 4.46. The van der Waals surface area contributed by atoms with E-state index in [-0.39, 0.29) is 23.8 Å². The predicted octanol–water partition coefficient (Wildman–Crippen LogP) is 5.53. The number of nitrogens with zero attached hydrogens (tertiary/aromatic N) is 1. The Morgan fingerprint density at radius 1 is 1.06 bits per heavy atom. The van der Waals surface area contributed by atoms with Crippen LogP contribution in [0.25, 0.3) is 16.5 Å². The topological polar surface area (TPSA) is 76.1 Å². The predicted molar refractivity (Wildman–Crippen MR) is 141 cm³/mol. The van der Waals surface area contributed by atoms with Crippen molar-refractivity contribution >= 4 is 41.6 Å². The molecule has 35 heavy (non-hydrogen) atoms. The fraction of sp³-hybridized carbons (Fsp3) is 0.259. The van der Waals surface area contributed by atoms with Crippen LogP contribution in [0, 0.1) is 0 Å². The van der Waals surface area contributed by atoms with Crippen molar-refractivity contribution in [1.82, 2.24) is 4.90 Å². The number of aromatic carboxylic acids is 1. The molecule has 1 fully saturated rings. The van der Waals surface area contributed by atoms with Crippen LogP contribution in [-0.2, 0) is 4.74 Å². The molecule has 6 nitrogen and oxygen atoms in total. The molecule has 1 N–H and O–H groups in total. The van der Waals surface area contributed by atoms with Gasteiger partial charge in [0.1, 0.15) is 5.75 Å². The molecule has 0 spiro atoms. The number of rotatable bonds is 10. The molecule has 0 saturated carbocycles. The molecule has 1 saturated heterocycles. The van der Waals surface area contributed by atoms with Crippen molar-refractivity contribution in [2.75, 3.05) is 39.5 Å². The summed E-state index contributed by atoms with van der Waals surface area (Å²) < 4.78 is 11.5. The van der Waals surface area contributed by atoms with Crippen LogP contribution in [0.3, 0.4) is 0 Å². The number of benzene rings is 2. The molecule has 0 radical (unpaired) electrons. The average molecular weight is 514 g/mol. The molecular formula is C27H28ClNO5S. The Hall–Kier alpha value is -2.97. The molecule has 3 aromatic rings. The number of hydrogen-bond donors (Lipinski definition) is 1. The smallest absolute Gasteiger partial charge is 0.335 e. The monoisotopic (exact) mass is 513 g/mol. The Labute approximate surface area is 215 Å². The minimum absolute atomic E-state index is 0. The molecule has 0 amide bonds. The van der Waals surface area contributed by atoms with Crippen molar-refractivity contribution in [3.8, 4) is 16.2 Å². The summed E-state index contributed by atoms with van der Waals surface area (Å²) in [6.45, 7) is 5.03. The maximum Gasteiger partial charge on any atom is 0.335 e. The van der Waals surface area contributed by atoms with Crippen molar-refractivity contribution in [2.45, 2.75) is 6.42 Å². The van der Waals surface area contributed by atoms with Gasteiger partial charge in [-0.1, -0.05) is 18.2 Å². The molecule has 184 valence electrons. The number of allylic oxidation sites excluding steroid dienone is 1. The summed E-state index contributed by atoms with van der Waals surface area (Å²) in [6, 6.07) is 16.0. The standard InChI is InChI=1S/C27H27NO5S.ClH/c29-24(20-4-6-21(7-5-20)27(30)31)10-8-22-19-23(26-3-1-18-34-26)9-11-25(22)33-15-2-12-28-13-16-32-17-14-28;/h1,3-11,18-19H,2,12-17H2,(H,30,31);1H/b10-8+;. The lowest BCUT2D eigenvalue weighted by molar-refractivity contribution is 0.0358. The number of ether oxygens (including phenoxy) is 2. The van der Waals surface area contributed by atoms with Crippen molar-refractivity contribution in [3.63, 3.8) is 0 Å². The fourth-order valence-electron chi connectivity index (χ4n) is 3.74. The van der Waals surface area contributed by atoms with Gasteiger partial charge in [-0.15, -0.1) is 23.7 Å². The second-order valence-corrected chi connectivity index (χ2v) is 8.91. The highest BCUT2D eigenvalue weighted by atomic mass is 35.5. The van der Waals surface area contributed by atoms with Gasteiger partial charge >= 0.3 is 5.97 Å². The summed E-state index contributed by atoms with van der Waals surface area (Å²) >= 11 is 1.66. The highest BCUT2D eigenvalue weighted by molar-refractivity contribution is 7.13. The van der Waals surface area contributed by atoms with Gasteiger partial charge < -0.3 is 14.6 Å². The third-order valence-corrected chi connectivity index (χ3v) is 6.55. The molecule has 2 heterocycles. The van der Waals surface area contributed by atoms with Gasteiger partial charge in [0.25, 0.3) is 0 Å². The van der Waals surface area contributed by atoms with Crippen LogP contribution >= 0.6 is 23.7 Å². The van der Waals surface area contributed by atoms with Gasteiger partial charge in [0, 0.05) is 35.6 Å². The summed E-state index contributed by atoms with van der Waals surface area (Å²) in [5.41, 5.74) is 2.47. The van der Waals surface area contributed by atoms with Gasteiger partial charge in [-0.2, -0.15) is 0 Å². The molecule has 2 aromatic carbocycles. The maximum absolute atomic E-state index is 12.7. The quantitative estimate of drug-likeness (QED) is 0.218. The molecule has 1 aliphatic rings. The zero-order valence-corrected chi connectivity index (χ0v) is 20.9. The van der Waals surface area contributed by atoms with Crippen LogP contribution in [0.2, 0.25) is 0 Å². The Kier molecular flexibility index (Phi) is 10.0. The van der Waals surface area contributed by atoms with Crippen LogP contribution in [0.4, 0.5) is 0 Å². The number of carbonyl (C=O) groups excluding carboxylic acids is 1. The molecule has 1 aliphatic heterocycles. The molecule has 0 atom stereocenters. The zero-order valence-electron chi connectivity index (χ0n) is 19.2. The largest absolute Gasteiger partial charge is 0.493 e. The van der Waals surface area contributed by atoms with E-state index in [0.717, 1.165) is 61.0 Å². The van der Waals surface area contributed by atoms with Gasteiger partial charge in [0.15, 0.2) is 5.78 Å². The SMILES string of the molecule is Cl.O=C(O)c1ccc(C(=O)/C=C/c2cc(-c3cccs3)ccc2OCCCN2CCOCC2)cc1. The summed E-state index contributed by atoms with van der Waals surface area (Å²) in [5.74, 6) is -0.486. The molecule has 0 unspecified atom stereocenters. The first-order valence-corrected chi connectivity index (χ1v) is 12.1. The van der Waals surface area contributed by atoms with Gasteiger partial charge in [-0.25, -0.2) is 4.79 Å². The second-order valence-electron chi connectivity index (χ2n) is 7.97. The Morgan fingerprint density at radius 3 is 2.49 bits per heavy atom. The number of carboxylic acids is 1. The minimum atomic E-state index is -1.02. The number of carboxylic acid groups (broad SMARTS) is 1. The first-order chi connectivity index (χ1) is 16.6. The summed E-state index contributed by atoms with van der Waals surface area (Å²) in [4.78, 5) is 27.2. The Bertz CT molecular complexity index is 1140. The van der Waals surface area contributed by atoms with Crippen LogP contribution < -0.4 is 4.74 Å². The van der Waals surface area contributed by atoms with E-state index in [0.29, 0.717) is 12.2 Å². The number of morpholine rings is 1. The third-order valence-electron chi connectivity index (χ3n) is 5.63. The van der Waals surface area contributed by atoms with Gasteiger partial charge in [-0.3, -0.25) is 9.69 Å². The van der Waals surface area contributed by atoms with E-state index in [1.165, 1.54) is 30.3 Å². The van der Waals surface area contributed by atoms with Crippen LogP contribution in [0.1, 0.15) is 32.7 Å². The summed E-state index contributed by atoms with van der Waals surface area (Å²) in [5, 5.41) is 11.1. The van der Waals surface area contributed by atoms with Crippen molar-refractivity contribution in [1.29, 1.82) is 0 Å². The zero-order chi connectivity index (χ0) is 23.8. The molecule has 1 aromatic heterocycles. The van der Waals surface area contributed by atoms with Gasteiger partial charge in [0.2, 0.25) is 0 Å². The van der Waals surface area contributed by atoms with E-state index in [1.54, 1.807) is 17.4 Å². The van der Waals surface area contributed by atoms with Crippen LogP contribution in [-0.4, -0.2) is 61.2 Å². The van der Waals surface area contributed by atoms with Crippen molar-refractivity contribution < 1.29 is 24.2 Å². The maximum atomic E-state index is 12.7. The molecule has 8 heteroatoms.